The molecule has 0 aromatic heterocycles. The third-order valence-electron chi connectivity index (χ3n) is 3.89. The summed E-state index contributed by atoms with van der Waals surface area (Å²) in [7, 11) is 0. The second kappa shape index (κ2) is 7.28. The Balaban J connectivity index is 1.73. The highest BCUT2D eigenvalue weighted by Gasteiger charge is 2.16. The van der Waals surface area contributed by atoms with Crippen molar-refractivity contribution in [1.82, 2.24) is 5.32 Å². The molecule has 1 aliphatic rings. The van der Waals surface area contributed by atoms with E-state index in [1.807, 2.05) is 0 Å². The molecule has 3 nitrogen and oxygen atoms in total. The van der Waals surface area contributed by atoms with Crippen LogP contribution < -0.4 is 10.1 Å². The van der Waals surface area contributed by atoms with Gasteiger partial charge in [0.15, 0.2) is 0 Å². The van der Waals surface area contributed by atoms with Gasteiger partial charge < -0.3 is 14.8 Å². The molecule has 0 bridgehead atoms. The minimum atomic E-state index is 0.159. The molecule has 1 N–H and O–H groups in total. The zero-order valence-corrected chi connectivity index (χ0v) is 13.8. The van der Waals surface area contributed by atoms with Gasteiger partial charge in [0, 0.05) is 19.7 Å². The van der Waals surface area contributed by atoms with E-state index in [1.165, 1.54) is 18.4 Å². The summed E-state index contributed by atoms with van der Waals surface area (Å²) in [5.41, 5.74) is 1.52. The van der Waals surface area contributed by atoms with Gasteiger partial charge in [-0.1, -0.05) is 32.9 Å². The number of rotatable bonds is 6. The Kier molecular flexibility index (Phi) is 5.65. The summed E-state index contributed by atoms with van der Waals surface area (Å²) in [6.45, 7) is 11.5. The predicted octanol–water partition coefficient (Wildman–Crippen LogP) is 3.52. The topological polar surface area (TPSA) is 30.5 Å². The molecule has 1 aromatic rings. The highest BCUT2D eigenvalue weighted by molar-refractivity contribution is 5.31. The van der Waals surface area contributed by atoms with Crippen molar-refractivity contribution in [2.24, 2.45) is 0 Å². The van der Waals surface area contributed by atoms with Gasteiger partial charge in [-0.25, -0.2) is 0 Å². The van der Waals surface area contributed by atoms with Crippen LogP contribution in [-0.2, 0) is 10.2 Å². The second-order valence-corrected chi connectivity index (χ2v) is 7.00. The maximum absolute atomic E-state index is 5.94. The van der Waals surface area contributed by atoms with Crippen molar-refractivity contribution in [1.29, 1.82) is 0 Å². The van der Waals surface area contributed by atoms with Crippen molar-refractivity contribution in [3.63, 3.8) is 0 Å². The zero-order valence-electron chi connectivity index (χ0n) is 13.8. The fourth-order valence-corrected chi connectivity index (χ4v) is 2.56. The molecule has 1 aliphatic heterocycles. The number of nitrogens with one attached hydrogen (secondary N) is 1. The van der Waals surface area contributed by atoms with Crippen molar-refractivity contribution in [3.8, 4) is 5.75 Å². The molecule has 1 saturated heterocycles. The molecule has 2 rings (SSSR count). The van der Waals surface area contributed by atoms with Crippen molar-refractivity contribution in [3.05, 3.63) is 29.8 Å². The smallest absolute Gasteiger partial charge is 0.119 e. The van der Waals surface area contributed by atoms with E-state index in [0.29, 0.717) is 6.10 Å². The van der Waals surface area contributed by atoms with Crippen LogP contribution in [0.5, 0.6) is 5.75 Å². The van der Waals surface area contributed by atoms with E-state index in [9.17, 15) is 0 Å². The van der Waals surface area contributed by atoms with Crippen LogP contribution in [0.15, 0.2) is 24.3 Å². The summed E-state index contributed by atoms with van der Waals surface area (Å²) in [6.07, 6.45) is 2.92. The summed E-state index contributed by atoms with van der Waals surface area (Å²) in [6, 6.07) is 8.44. The summed E-state index contributed by atoms with van der Waals surface area (Å²) < 4.78 is 11.5. The Hall–Kier alpha value is -1.06. The van der Waals surface area contributed by atoms with Gasteiger partial charge >= 0.3 is 0 Å². The monoisotopic (exact) mass is 291 g/mol. The first-order valence-corrected chi connectivity index (χ1v) is 8.04. The summed E-state index contributed by atoms with van der Waals surface area (Å²) in [5, 5.41) is 3.43. The van der Waals surface area contributed by atoms with Gasteiger partial charge in [-0.2, -0.15) is 0 Å². The van der Waals surface area contributed by atoms with Gasteiger partial charge in [-0.05, 0) is 42.9 Å². The third kappa shape index (κ3) is 5.33. The molecule has 0 aliphatic carbocycles. The fraction of sp³-hybridized carbons (Fsp3) is 0.667. The van der Waals surface area contributed by atoms with Gasteiger partial charge in [-0.15, -0.1) is 0 Å². The fourth-order valence-electron chi connectivity index (χ4n) is 2.56. The molecule has 0 unspecified atom stereocenters. The van der Waals surface area contributed by atoms with E-state index in [2.05, 4.69) is 57.3 Å². The van der Waals surface area contributed by atoms with Crippen LogP contribution in [-0.4, -0.2) is 31.9 Å². The first kappa shape index (κ1) is 16.3. The van der Waals surface area contributed by atoms with Crippen LogP contribution in [0.25, 0.3) is 0 Å². The summed E-state index contributed by atoms with van der Waals surface area (Å²) in [4.78, 5) is 0. The highest BCUT2D eigenvalue weighted by Crippen LogP contribution is 2.24. The predicted molar refractivity (Wildman–Crippen MR) is 87.1 cm³/mol. The standard InChI is InChI=1S/C18H29NO2/c1-14(12-19-13-17-6-5-11-20-17)21-16-9-7-15(8-10-16)18(2,3)4/h7-10,14,17,19H,5-6,11-13H2,1-4H3/t14-,17-/m1/s1. The summed E-state index contributed by atoms with van der Waals surface area (Å²) >= 11 is 0. The Morgan fingerprint density at radius 2 is 2.00 bits per heavy atom. The quantitative estimate of drug-likeness (QED) is 0.870. The van der Waals surface area contributed by atoms with E-state index < -0.39 is 0 Å². The van der Waals surface area contributed by atoms with Crippen molar-refractivity contribution >= 4 is 0 Å². The number of ether oxygens (including phenoxy) is 2. The van der Waals surface area contributed by atoms with E-state index in [4.69, 9.17) is 9.47 Å². The third-order valence-corrected chi connectivity index (χ3v) is 3.89. The molecule has 1 heterocycles. The molecule has 21 heavy (non-hydrogen) atoms. The normalized spacial score (nSPS) is 20.5. The lowest BCUT2D eigenvalue weighted by atomic mass is 9.87. The number of hydrogen-bond donors (Lipinski definition) is 1. The molecular weight excluding hydrogens is 262 g/mol. The first-order valence-electron chi connectivity index (χ1n) is 8.04. The van der Waals surface area contributed by atoms with Gasteiger partial charge in [0.05, 0.1) is 6.10 Å². The van der Waals surface area contributed by atoms with Gasteiger partial charge in [0.2, 0.25) is 0 Å². The lowest BCUT2D eigenvalue weighted by molar-refractivity contribution is 0.106. The molecule has 1 aromatic carbocycles. The van der Waals surface area contributed by atoms with Crippen molar-refractivity contribution in [2.45, 2.75) is 58.2 Å². The lowest BCUT2D eigenvalue weighted by Crippen LogP contribution is -2.34. The average Bonchev–Trinajstić information content (AvgIpc) is 2.91. The lowest BCUT2D eigenvalue weighted by Gasteiger charge is -2.20. The molecule has 1 fully saturated rings. The molecule has 2 atom stereocenters. The largest absolute Gasteiger partial charge is 0.489 e. The second-order valence-electron chi connectivity index (χ2n) is 7.00. The van der Waals surface area contributed by atoms with Gasteiger partial charge in [0.1, 0.15) is 11.9 Å². The molecule has 0 radical (unpaired) electrons. The Morgan fingerprint density at radius 3 is 2.57 bits per heavy atom. The van der Waals surface area contributed by atoms with Crippen LogP contribution in [0.1, 0.15) is 46.1 Å². The van der Waals surface area contributed by atoms with Gasteiger partial charge in [0.25, 0.3) is 0 Å². The molecule has 0 spiro atoms. The van der Waals surface area contributed by atoms with E-state index in [-0.39, 0.29) is 11.5 Å². The van der Waals surface area contributed by atoms with Gasteiger partial charge in [-0.3, -0.25) is 0 Å². The van der Waals surface area contributed by atoms with Crippen LogP contribution in [0.4, 0.5) is 0 Å². The SMILES string of the molecule is C[C@H](CNC[C@H]1CCCO1)Oc1ccc(C(C)(C)C)cc1. The molecule has 0 saturated carbocycles. The van der Waals surface area contributed by atoms with E-state index in [0.717, 1.165) is 25.4 Å². The summed E-state index contributed by atoms with van der Waals surface area (Å²) in [5.74, 6) is 0.939. The Morgan fingerprint density at radius 1 is 1.29 bits per heavy atom. The first-order chi connectivity index (χ1) is 9.95. The minimum Gasteiger partial charge on any atom is -0.489 e. The highest BCUT2D eigenvalue weighted by atomic mass is 16.5. The average molecular weight is 291 g/mol. The molecule has 118 valence electrons. The molecular formula is C18H29NO2. The van der Waals surface area contributed by atoms with Crippen LogP contribution >= 0.6 is 0 Å². The maximum atomic E-state index is 5.94. The van der Waals surface area contributed by atoms with E-state index >= 15 is 0 Å². The number of benzene rings is 1. The van der Waals surface area contributed by atoms with Crippen molar-refractivity contribution in [2.75, 3.05) is 19.7 Å². The number of hydrogen-bond acceptors (Lipinski definition) is 3. The minimum absolute atomic E-state index is 0.159. The maximum Gasteiger partial charge on any atom is 0.119 e. The Labute approximate surface area is 129 Å². The Bertz CT molecular complexity index is 416. The van der Waals surface area contributed by atoms with Crippen LogP contribution in [0, 0.1) is 0 Å². The van der Waals surface area contributed by atoms with Crippen molar-refractivity contribution < 1.29 is 9.47 Å². The van der Waals surface area contributed by atoms with Crippen LogP contribution in [0.2, 0.25) is 0 Å². The van der Waals surface area contributed by atoms with E-state index in [1.54, 1.807) is 0 Å². The molecule has 0 amide bonds. The van der Waals surface area contributed by atoms with Crippen LogP contribution in [0.3, 0.4) is 0 Å². The molecule has 3 heteroatoms. The zero-order chi connectivity index (χ0) is 15.3.